The van der Waals surface area contributed by atoms with Gasteiger partial charge >= 0.3 is 5.97 Å². The molecular weight excluding hydrogens is 268 g/mol. The average Bonchev–Trinajstić information content (AvgIpc) is 2.52. The van der Waals surface area contributed by atoms with Crippen LogP contribution in [0.1, 0.15) is 15.9 Å². The van der Waals surface area contributed by atoms with Crippen molar-refractivity contribution in [2.45, 2.75) is 0 Å². The van der Waals surface area contributed by atoms with E-state index in [0.717, 1.165) is 5.56 Å². The summed E-state index contributed by atoms with van der Waals surface area (Å²) in [4.78, 5) is 11.1. The highest BCUT2D eigenvalue weighted by atomic mass is 16.5. The Morgan fingerprint density at radius 2 is 1.95 bits per heavy atom. The molecule has 0 aliphatic carbocycles. The predicted octanol–water partition coefficient (Wildman–Crippen LogP) is 2.82. The lowest BCUT2D eigenvalue weighted by atomic mass is 10.2. The summed E-state index contributed by atoms with van der Waals surface area (Å²) in [5.74, 6) is 5.51. The van der Waals surface area contributed by atoms with Crippen molar-refractivity contribution in [3.63, 3.8) is 0 Å². The molecule has 0 saturated heterocycles. The van der Waals surface area contributed by atoms with Gasteiger partial charge in [0.25, 0.3) is 0 Å². The number of methoxy groups -OCH3 is 1. The van der Waals surface area contributed by atoms with Gasteiger partial charge in [-0.05, 0) is 24.3 Å². The number of benzene rings is 2. The molecule has 0 atom stereocenters. The number of hydrogen-bond acceptors (Lipinski definition) is 3. The maximum Gasteiger partial charge on any atom is 0.339 e. The van der Waals surface area contributed by atoms with Gasteiger partial charge in [0.15, 0.2) is 0 Å². The molecule has 0 saturated carbocycles. The fraction of sp³-hybridized carbons (Fsp3) is 0.118. The largest absolute Gasteiger partial charge is 0.497 e. The molecule has 0 aromatic heterocycles. The van der Waals surface area contributed by atoms with Crippen LogP contribution in [-0.4, -0.2) is 24.8 Å². The number of carbonyl (C=O) groups is 1. The number of carboxylic acids is 1. The van der Waals surface area contributed by atoms with Gasteiger partial charge in [0.2, 0.25) is 0 Å². The first-order valence-electron chi connectivity index (χ1n) is 6.29. The van der Waals surface area contributed by atoms with Crippen molar-refractivity contribution >= 4 is 5.97 Å². The first kappa shape index (κ1) is 14.5. The van der Waals surface area contributed by atoms with E-state index in [2.05, 4.69) is 11.8 Å². The number of aromatic carboxylic acids is 1. The Labute approximate surface area is 122 Å². The molecule has 0 amide bonds. The van der Waals surface area contributed by atoms with Gasteiger partial charge in [-0.25, -0.2) is 4.79 Å². The van der Waals surface area contributed by atoms with Gasteiger partial charge in [-0.15, -0.1) is 0 Å². The summed E-state index contributed by atoms with van der Waals surface area (Å²) >= 11 is 0. The third kappa shape index (κ3) is 4.02. The Bertz CT molecular complexity index is 681. The molecule has 2 aromatic rings. The zero-order valence-electron chi connectivity index (χ0n) is 11.5. The summed E-state index contributed by atoms with van der Waals surface area (Å²) in [5.41, 5.74) is 0.961. The van der Waals surface area contributed by atoms with Gasteiger partial charge in [0.1, 0.15) is 23.7 Å². The molecule has 106 valence electrons. The van der Waals surface area contributed by atoms with Gasteiger partial charge in [0.05, 0.1) is 7.11 Å². The van der Waals surface area contributed by atoms with Crippen LogP contribution < -0.4 is 9.47 Å². The molecule has 0 fully saturated rings. The van der Waals surface area contributed by atoms with E-state index in [1.165, 1.54) is 19.2 Å². The normalized spacial score (nSPS) is 9.38. The van der Waals surface area contributed by atoms with Crippen LogP contribution in [0.25, 0.3) is 0 Å². The monoisotopic (exact) mass is 282 g/mol. The molecular formula is C17H14O4. The molecule has 0 heterocycles. The SMILES string of the molecule is COc1ccc(C(=O)O)c(OCC#Cc2ccccc2)c1. The van der Waals surface area contributed by atoms with E-state index < -0.39 is 5.97 Å². The van der Waals surface area contributed by atoms with Crippen molar-refractivity contribution in [1.82, 2.24) is 0 Å². The topological polar surface area (TPSA) is 55.8 Å². The summed E-state index contributed by atoms with van der Waals surface area (Å²) in [6.07, 6.45) is 0. The van der Waals surface area contributed by atoms with Crippen LogP contribution in [0.5, 0.6) is 11.5 Å². The van der Waals surface area contributed by atoms with Crippen LogP contribution >= 0.6 is 0 Å². The van der Waals surface area contributed by atoms with Gasteiger partial charge in [0, 0.05) is 11.6 Å². The highest BCUT2D eigenvalue weighted by Crippen LogP contribution is 2.24. The second-order valence-corrected chi connectivity index (χ2v) is 4.12. The number of hydrogen-bond donors (Lipinski definition) is 1. The Morgan fingerprint density at radius 3 is 2.62 bits per heavy atom. The zero-order valence-corrected chi connectivity index (χ0v) is 11.5. The number of rotatable bonds is 4. The number of ether oxygens (including phenoxy) is 2. The molecule has 21 heavy (non-hydrogen) atoms. The van der Waals surface area contributed by atoms with Crippen LogP contribution in [0.3, 0.4) is 0 Å². The molecule has 4 nitrogen and oxygen atoms in total. The molecule has 4 heteroatoms. The summed E-state index contributed by atoms with van der Waals surface area (Å²) in [5, 5.41) is 9.11. The van der Waals surface area contributed by atoms with E-state index in [-0.39, 0.29) is 17.9 Å². The lowest BCUT2D eigenvalue weighted by Crippen LogP contribution is -2.03. The van der Waals surface area contributed by atoms with Crippen LogP contribution in [0, 0.1) is 11.8 Å². The smallest absolute Gasteiger partial charge is 0.339 e. The Hall–Kier alpha value is -2.93. The molecule has 0 spiro atoms. The molecule has 0 unspecified atom stereocenters. The standard InChI is InChI=1S/C17H14O4/c1-20-14-9-10-15(17(18)19)16(12-14)21-11-5-8-13-6-3-2-4-7-13/h2-4,6-7,9-10,12H,11H2,1H3,(H,18,19). The van der Waals surface area contributed by atoms with Gasteiger partial charge in [-0.1, -0.05) is 30.0 Å². The van der Waals surface area contributed by atoms with E-state index in [0.29, 0.717) is 5.75 Å². The van der Waals surface area contributed by atoms with Gasteiger partial charge in [-0.2, -0.15) is 0 Å². The maximum absolute atomic E-state index is 11.1. The quantitative estimate of drug-likeness (QED) is 0.876. The summed E-state index contributed by atoms with van der Waals surface area (Å²) in [6.45, 7) is 0.0995. The molecule has 0 aliphatic rings. The first-order valence-corrected chi connectivity index (χ1v) is 6.29. The second-order valence-electron chi connectivity index (χ2n) is 4.12. The Kier molecular flexibility index (Phi) is 4.84. The molecule has 0 aliphatic heterocycles. The molecule has 1 N–H and O–H groups in total. The van der Waals surface area contributed by atoms with Crippen molar-refractivity contribution in [2.75, 3.05) is 13.7 Å². The second kappa shape index (κ2) is 7.01. The minimum absolute atomic E-state index is 0.0808. The van der Waals surface area contributed by atoms with E-state index in [1.54, 1.807) is 6.07 Å². The van der Waals surface area contributed by atoms with Crippen molar-refractivity contribution in [2.24, 2.45) is 0 Å². The van der Waals surface area contributed by atoms with E-state index in [1.807, 2.05) is 30.3 Å². The molecule has 2 aromatic carbocycles. The maximum atomic E-state index is 11.1. The lowest BCUT2D eigenvalue weighted by Gasteiger charge is -2.08. The lowest BCUT2D eigenvalue weighted by molar-refractivity contribution is 0.0693. The van der Waals surface area contributed by atoms with E-state index in [4.69, 9.17) is 14.6 Å². The van der Waals surface area contributed by atoms with E-state index >= 15 is 0 Å². The van der Waals surface area contributed by atoms with Crippen molar-refractivity contribution in [3.8, 4) is 23.3 Å². The summed E-state index contributed by atoms with van der Waals surface area (Å²) < 4.78 is 10.5. The van der Waals surface area contributed by atoms with Crippen LogP contribution in [0.2, 0.25) is 0 Å². The third-order valence-corrected chi connectivity index (χ3v) is 2.73. The number of carboxylic acid groups (broad SMARTS) is 1. The predicted molar refractivity (Wildman–Crippen MR) is 78.8 cm³/mol. The minimum Gasteiger partial charge on any atom is -0.497 e. The van der Waals surface area contributed by atoms with Crippen LogP contribution in [-0.2, 0) is 0 Å². The third-order valence-electron chi connectivity index (χ3n) is 2.73. The summed E-state index contributed by atoms with van der Waals surface area (Å²) in [7, 11) is 1.51. The Balaban J connectivity index is 2.09. The first-order chi connectivity index (χ1) is 10.2. The molecule has 0 radical (unpaired) electrons. The van der Waals surface area contributed by atoms with Crippen molar-refractivity contribution in [1.29, 1.82) is 0 Å². The van der Waals surface area contributed by atoms with E-state index in [9.17, 15) is 4.79 Å². The van der Waals surface area contributed by atoms with Gasteiger partial charge in [-0.3, -0.25) is 0 Å². The molecule has 0 bridgehead atoms. The average molecular weight is 282 g/mol. The van der Waals surface area contributed by atoms with Crippen LogP contribution in [0.15, 0.2) is 48.5 Å². The molecule has 2 rings (SSSR count). The summed E-state index contributed by atoms with van der Waals surface area (Å²) in [6, 6.07) is 14.0. The Morgan fingerprint density at radius 1 is 1.19 bits per heavy atom. The minimum atomic E-state index is -1.05. The fourth-order valence-corrected chi connectivity index (χ4v) is 1.70. The van der Waals surface area contributed by atoms with Crippen molar-refractivity contribution in [3.05, 3.63) is 59.7 Å². The highest BCUT2D eigenvalue weighted by Gasteiger charge is 2.12. The van der Waals surface area contributed by atoms with Crippen molar-refractivity contribution < 1.29 is 19.4 Å². The highest BCUT2D eigenvalue weighted by molar-refractivity contribution is 5.91. The van der Waals surface area contributed by atoms with Crippen LogP contribution in [0.4, 0.5) is 0 Å². The fourth-order valence-electron chi connectivity index (χ4n) is 1.70. The zero-order chi connectivity index (χ0) is 15.1. The van der Waals surface area contributed by atoms with Gasteiger partial charge < -0.3 is 14.6 Å².